The van der Waals surface area contributed by atoms with E-state index < -0.39 is 23.1 Å². The van der Waals surface area contributed by atoms with Gasteiger partial charge in [0.2, 0.25) is 5.88 Å². The van der Waals surface area contributed by atoms with Crippen LogP contribution in [0.1, 0.15) is 16.1 Å². The number of ether oxygens (including phenoxy) is 1. The fraction of sp³-hybridized carbons (Fsp3) is 0.0690. The van der Waals surface area contributed by atoms with Crippen LogP contribution in [0, 0.1) is 18.6 Å². The van der Waals surface area contributed by atoms with Gasteiger partial charge in [0, 0.05) is 36.8 Å². The number of halogens is 2. The second-order valence-electron chi connectivity index (χ2n) is 9.08. The number of rotatable bonds is 6. The number of amides is 1. The molecule has 204 valence electrons. The van der Waals surface area contributed by atoms with E-state index in [0.717, 1.165) is 6.07 Å². The van der Waals surface area contributed by atoms with E-state index >= 15 is 4.39 Å². The summed E-state index contributed by atoms with van der Waals surface area (Å²) in [7, 11) is 1.61. The van der Waals surface area contributed by atoms with E-state index in [0.29, 0.717) is 28.2 Å². The first kappa shape index (κ1) is 25.6. The highest BCUT2D eigenvalue weighted by Gasteiger charge is 2.23. The lowest BCUT2D eigenvalue weighted by molar-refractivity contribution is 0.102. The van der Waals surface area contributed by atoms with Gasteiger partial charge in [-0.1, -0.05) is 6.07 Å². The molecule has 0 radical (unpaired) electrons. The van der Waals surface area contributed by atoms with Crippen molar-refractivity contribution in [1.82, 2.24) is 28.9 Å². The number of carbonyl (C=O) groups excluding carboxylic acids is 1. The molecule has 0 aliphatic heterocycles. The van der Waals surface area contributed by atoms with Gasteiger partial charge < -0.3 is 10.1 Å². The predicted molar refractivity (Wildman–Crippen MR) is 146 cm³/mol. The summed E-state index contributed by atoms with van der Waals surface area (Å²) in [4.78, 5) is 34.8. The third kappa shape index (κ3) is 4.61. The van der Waals surface area contributed by atoms with Crippen molar-refractivity contribution < 1.29 is 18.3 Å². The average molecular weight is 554 g/mol. The van der Waals surface area contributed by atoms with Crippen LogP contribution in [-0.4, -0.2) is 34.9 Å². The van der Waals surface area contributed by atoms with E-state index in [1.165, 1.54) is 52.1 Å². The summed E-state index contributed by atoms with van der Waals surface area (Å²) in [5.74, 6) is -1.96. The number of nitrogens with one attached hydrogen (secondary N) is 1. The smallest absolute Gasteiger partial charge is 0.284 e. The maximum Gasteiger partial charge on any atom is 0.284 e. The molecule has 0 fully saturated rings. The quantitative estimate of drug-likeness (QED) is 0.314. The standard InChI is InChI=1S/C29H21F2N7O3/c1-17-25(29(40)38(36(17)2)20-9-6-18(30)7-10-20)27(39)35-19-8-11-24(22(31)15-19)41-28-26-21(23-5-3-4-13-32-23)12-14-37(26)34-16-33-28/h3-16H,1-2H3,(H,35,39). The lowest BCUT2D eigenvalue weighted by Gasteiger charge is -2.10. The molecule has 0 aliphatic rings. The Labute approximate surface area is 231 Å². The maximum absolute atomic E-state index is 15.2. The molecular weight excluding hydrogens is 532 g/mol. The van der Waals surface area contributed by atoms with E-state index in [1.807, 2.05) is 18.2 Å². The minimum atomic E-state index is -0.765. The van der Waals surface area contributed by atoms with Crippen LogP contribution in [-0.2, 0) is 7.05 Å². The number of aromatic nitrogens is 6. The number of fused-ring (bicyclic) bond motifs is 1. The van der Waals surface area contributed by atoms with Crippen molar-refractivity contribution in [2.45, 2.75) is 6.92 Å². The third-order valence-corrected chi connectivity index (χ3v) is 6.61. The predicted octanol–water partition coefficient (Wildman–Crippen LogP) is 4.91. The molecule has 10 nitrogen and oxygen atoms in total. The molecule has 41 heavy (non-hydrogen) atoms. The summed E-state index contributed by atoms with van der Waals surface area (Å²) in [6.07, 6.45) is 4.67. The Morgan fingerprint density at radius 1 is 1.00 bits per heavy atom. The van der Waals surface area contributed by atoms with Crippen LogP contribution in [0.3, 0.4) is 0 Å². The summed E-state index contributed by atoms with van der Waals surface area (Å²) < 4.78 is 38.7. The van der Waals surface area contributed by atoms with E-state index in [-0.39, 0.29) is 22.9 Å². The molecule has 4 aromatic heterocycles. The maximum atomic E-state index is 15.2. The summed E-state index contributed by atoms with van der Waals surface area (Å²) in [6, 6.07) is 16.5. The van der Waals surface area contributed by atoms with Crippen molar-refractivity contribution in [3.05, 3.63) is 119 Å². The normalized spacial score (nSPS) is 11.1. The van der Waals surface area contributed by atoms with Crippen molar-refractivity contribution in [3.8, 4) is 28.6 Å². The molecule has 0 bridgehead atoms. The van der Waals surface area contributed by atoms with Crippen molar-refractivity contribution >= 4 is 17.1 Å². The first-order chi connectivity index (χ1) is 19.8. The molecular formula is C29H21F2N7O3. The van der Waals surface area contributed by atoms with Gasteiger partial charge >= 0.3 is 0 Å². The number of pyridine rings is 1. The van der Waals surface area contributed by atoms with Crippen LogP contribution >= 0.6 is 0 Å². The molecule has 6 aromatic rings. The molecule has 1 amide bonds. The summed E-state index contributed by atoms with van der Waals surface area (Å²) in [5.41, 5.74) is 2.02. The zero-order chi connectivity index (χ0) is 28.7. The minimum absolute atomic E-state index is 0.112. The third-order valence-electron chi connectivity index (χ3n) is 6.61. The number of nitrogens with zero attached hydrogens (tertiary/aromatic N) is 6. The van der Waals surface area contributed by atoms with Gasteiger partial charge in [-0.2, -0.15) is 10.1 Å². The number of carbonyl (C=O) groups is 1. The van der Waals surface area contributed by atoms with Crippen LogP contribution in [0.4, 0.5) is 14.5 Å². The van der Waals surface area contributed by atoms with Crippen LogP contribution in [0.15, 0.2) is 90.2 Å². The molecule has 2 aromatic carbocycles. The van der Waals surface area contributed by atoms with Gasteiger partial charge in [0.25, 0.3) is 11.5 Å². The van der Waals surface area contributed by atoms with Gasteiger partial charge in [0.05, 0.1) is 17.1 Å². The van der Waals surface area contributed by atoms with Crippen molar-refractivity contribution in [2.24, 2.45) is 7.05 Å². The van der Waals surface area contributed by atoms with Crippen LogP contribution in [0.25, 0.3) is 22.5 Å². The fourth-order valence-corrected chi connectivity index (χ4v) is 4.53. The molecule has 0 saturated heterocycles. The number of benzene rings is 2. The molecule has 6 rings (SSSR count). The molecule has 4 heterocycles. The van der Waals surface area contributed by atoms with Gasteiger partial charge in [-0.05, 0) is 61.5 Å². The fourth-order valence-electron chi connectivity index (χ4n) is 4.53. The van der Waals surface area contributed by atoms with Crippen molar-refractivity contribution in [2.75, 3.05) is 5.32 Å². The molecule has 0 spiro atoms. The average Bonchev–Trinajstić information content (AvgIpc) is 3.50. The largest absolute Gasteiger partial charge is 0.434 e. The zero-order valence-electron chi connectivity index (χ0n) is 21.7. The number of anilines is 1. The Bertz CT molecular complexity index is 1980. The molecule has 0 aliphatic carbocycles. The van der Waals surface area contributed by atoms with Gasteiger partial charge in [0.1, 0.15) is 23.2 Å². The molecule has 1 N–H and O–H groups in total. The van der Waals surface area contributed by atoms with E-state index in [1.54, 1.807) is 36.9 Å². The molecule has 12 heteroatoms. The lowest BCUT2D eigenvalue weighted by Crippen LogP contribution is -2.25. The Balaban J connectivity index is 1.27. The minimum Gasteiger partial charge on any atom is -0.434 e. The van der Waals surface area contributed by atoms with E-state index in [4.69, 9.17) is 4.74 Å². The summed E-state index contributed by atoms with van der Waals surface area (Å²) in [5, 5.41) is 6.75. The number of hydrogen-bond acceptors (Lipinski definition) is 6. The monoisotopic (exact) mass is 553 g/mol. The van der Waals surface area contributed by atoms with E-state index in [2.05, 4.69) is 20.4 Å². The first-order valence-electron chi connectivity index (χ1n) is 12.4. The second kappa shape index (κ2) is 10.2. The van der Waals surface area contributed by atoms with Crippen LogP contribution in [0.2, 0.25) is 0 Å². The van der Waals surface area contributed by atoms with Crippen molar-refractivity contribution in [3.63, 3.8) is 0 Å². The molecule has 0 atom stereocenters. The second-order valence-corrected chi connectivity index (χ2v) is 9.08. The van der Waals surface area contributed by atoms with Crippen LogP contribution in [0.5, 0.6) is 11.6 Å². The van der Waals surface area contributed by atoms with Gasteiger partial charge in [-0.3, -0.25) is 19.3 Å². The van der Waals surface area contributed by atoms with Gasteiger partial charge in [-0.25, -0.2) is 18.0 Å². The Morgan fingerprint density at radius 2 is 1.80 bits per heavy atom. The summed E-state index contributed by atoms with van der Waals surface area (Å²) in [6.45, 7) is 1.61. The Kier molecular flexibility index (Phi) is 6.34. The highest BCUT2D eigenvalue weighted by atomic mass is 19.1. The Hall–Kier alpha value is -5.65. The number of hydrogen-bond donors (Lipinski definition) is 1. The highest BCUT2D eigenvalue weighted by molar-refractivity contribution is 6.05. The molecule has 0 saturated carbocycles. The first-order valence-corrected chi connectivity index (χ1v) is 12.4. The van der Waals surface area contributed by atoms with E-state index in [9.17, 15) is 14.0 Å². The highest BCUT2D eigenvalue weighted by Crippen LogP contribution is 2.33. The SMILES string of the molecule is Cc1c(C(=O)Nc2ccc(Oc3ncnn4ccc(-c5ccccn5)c34)c(F)c2)c(=O)n(-c2ccc(F)cc2)n1C. The van der Waals surface area contributed by atoms with Gasteiger partial charge in [0.15, 0.2) is 11.6 Å². The van der Waals surface area contributed by atoms with Crippen molar-refractivity contribution in [1.29, 1.82) is 0 Å². The van der Waals surface area contributed by atoms with Crippen LogP contribution < -0.4 is 15.6 Å². The summed E-state index contributed by atoms with van der Waals surface area (Å²) >= 11 is 0. The van der Waals surface area contributed by atoms with Gasteiger partial charge in [-0.15, -0.1) is 0 Å². The molecule has 0 unspecified atom stereocenters. The Morgan fingerprint density at radius 3 is 2.54 bits per heavy atom. The topological polar surface area (TPSA) is 108 Å². The lowest BCUT2D eigenvalue weighted by atomic mass is 10.2. The zero-order valence-corrected chi connectivity index (χ0v) is 21.7.